The molecule has 0 aliphatic carbocycles. The van der Waals surface area contributed by atoms with Crippen molar-refractivity contribution < 1.29 is 4.79 Å². The zero-order valence-corrected chi connectivity index (χ0v) is 12.2. The summed E-state index contributed by atoms with van der Waals surface area (Å²) < 4.78 is 0. The second-order valence-corrected chi connectivity index (χ2v) is 6.97. The summed E-state index contributed by atoms with van der Waals surface area (Å²) in [7, 11) is 0. The highest BCUT2D eigenvalue weighted by Crippen LogP contribution is 2.34. The number of nitrogens with zero attached hydrogens (tertiary/aromatic N) is 1. The average molecular weight is 252 g/mol. The van der Waals surface area contributed by atoms with Gasteiger partial charge in [-0.05, 0) is 43.6 Å². The fourth-order valence-corrected chi connectivity index (χ4v) is 3.25. The molecule has 2 aliphatic heterocycles. The van der Waals surface area contributed by atoms with Crippen molar-refractivity contribution in [2.24, 2.45) is 11.3 Å². The number of carbonyl (C=O) groups excluding carboxylic acids is 1. The van der Waals surface area contributed by atoms with Gasteiger partial charge in [0.05, 0.1) is 6.04 Å². The second kappa shape index (κ2) is 5.60. The Kier molecular flexibility index (Phi) is 4.31. The van der Waals surface area contributed by atoms with Gasteiger partial charge < -0.3 is 10.2 Å². The maximum Gasteiger partial charge on any atom is 0.239 e. The van der Waals surface area contributed by atoms with Crippen LogP contribution >= 0.6 is 0 Å². The van der Waals surface area contributed by atoms with Crippen LogP contribution in [0.25, 0.3) is 0 Å². The highest BCUT2D eigenvalue weighted by molar-refractivity contribution is 5.82. The minimum atomic E-state index is 0.102. The van der Waals surface area contributed by atoms with Crippen LogP contribution in [-0.4, -0.2) is 36.5 Å². The summed E-state index contributed by atoms with van der Waals surface area (Å²) in [5.41, 5.74) is 0.387. The molecule has 2 fully saturated rings. The number of nitrogens with one attached hydrogen (secondary N) is 1. The maximum atomic E-state index is 12.4. The van der Waals surface area contributed by atoms with Gasteiger partial charge in [0.2, 0.25) is 5.91 Å². The van der Waals surface area contributed by atoms with Crippen LogP contribution in [0.3, 0.4) is 0 Å². The predicted octanol–water partition coefficient (Wildman–Crippen LogP) is 2.41. The van der Waals surface area contributed by atoms with Gasteiger partial charge >= 0.3 is 0 Å². The molecule has 2 saturated heterocycles. The van der Waals surface area contributed by atoms with Gasteiger partial charge in [0.15, 0.2) is 0 Å². The molecule has 0 aromatic carbocycles. The predicted molar refractivity (Wildman–Crippen MR) is 74.4 cm³/mol. The molecule has 18 heavy (non-hydrogen) atoms. The summed E-state index contributed by atoms with van der Waals surface area (Å²) >= 11 is 0. The van der Waals surface area contributed by atoms with Crippen molar-refractivity contribution in [3.8, 4) is 0 Å². The van der Waals surface area contributed by atoms with E-state index in [0.29, 0.717) is 11.3 Å². The van der Waals surface area contributed by atoms with Crippen molar-refractivity contribution in [3.63, 3.8) is 0 Å². The summed E-state index contributed by atoms with van der Waals surface area (Å²) in [5, 5.41) is 3.37. The molecule has 2 aliphatic rings. The van der Waals surface area contributed by atoms with Crippen molar-refractivity contribution in [3.05, 3.63) is 0 Å². The lowest BCUT2D eigenvalue weighted by Crippen LogP contribution is -2.51. The third-order valence-electron chi connectivity index (χ3n) is 4.64. The maximum absolute atomic E-state index is 12.4. The van der Waals surface area contributed by atoms with Gasteiger partial charge in [0.1, 0.15) is 0 Å². The number of piperidine rings is 2. The number of likely N-dealkylation sites (tertiary alicyclic amines) is 1. The van der Waals surface area contributed by atoms with Gasteiger partial charge in [-0.25, -0.2) is 0 Å². The van der Waals surface area contributed by atoms with Gasteiger partial charge in [-0.1, -0.05) is 27.2 Å². The van der Waals surface area contributed by atoms with E-state index in [1.807, 2.05) is 0 Å². The molecule has 0 saturated carbocycles. The summed E-state index contributed by atoms with van der Waals surface area (Å²) in [6.07, 6.45) is 5.78. The lowest BCUT2D eigenvalue weighted by molar-refractivity contribution is -0.136. The van der Waals surface area contributed by atoms with Gasteiger partial charge in [-0.2, -0.15) is 0 Å². The highest BCUT2D eigenvalue weighted by Gasteiger charge is 2.32. The number of amides is 1. The van der Waals surface area contributed by atoms with Crippen LogP contribution in [0.15, 0.2) is 0 Å². The third kappa shape index (κ3) is 3.25. The zero-order valence-electron chi connectivity index (χ0n) is 12.2. The lowest BCUT2D eigenvalue weighted by atomic mass is 9.75. The molecule has 1 amide bonds. The van der Waals surface area contributed by atoms with Gasteiger partial charge in [0.25, 0.3) is 0 Å². The average Bonchev–Trinajstić information content (AvgIpc) is 2.38. The van der Waals surface area contributed by atoms with Gasteiger partial charge in [-0.15, -0.1) is 0 Å². The van der Waals surface area contributed by atoms with E-state index in [1.165, 1.54) is 25.7 Å². The number of hydrogen-bond acceptors (Lipinski definition) is 2. The van der Waals surface area contributed by atoms with E-state index in [2.05, 4.69) is 31.0 Å². The summed E-state index contributed by atoms with van der Waals surface area (Å²) in [5.74, 6) is 1.11. The van der Waals surface area contributed by atoms with Crippen molar-refractivity contribution in [2.75, 3.05) is 19.6 Å². The van der Waals surface area contributed by atoms with Crippen LogP contribution in [0.2, 0.25) is 0 Å². The van der Waals surface area contributed by atoms with Gasteiger partial charge in [0, 0.05) is 13.1 Å². The summed E-state index contributed by atoms with van der Waals surface area (Å²) in [6, 6.07) is 0.102. The van der Waals surface area contributed by atoms with Crippen LogP contribution in [0.4, 0.5) is 0 Å². The topological polar surface area (TPSA) is 32.3 Å². The highest BCUT2D eigenvalue weighted by atomic mass is 16.2. The Morgan fingerprint density at radius 1 is 1.11 bits per heavy atom. The molecule has 1 N–H and O–H groups in total. The van der Waals surface area contributed by atoms with Crippen molar-refractivity contribution in [2.45, 2.75) is 58.9 Å². The van der Waals surface area contributed by atoms with Crippen molar-refractivity contribution in [1.82, 2.24) is 10.2 Å². The number of rotatable bonds is 1. The molecule has 2 rings (SSSR count). The fourth-order valence-electron chi connectivity index (χ4n) is 3.25. The molecule has 0 bridgehead atoms. The molecule has 2 heterocycles. The van der Waals surface area contributed by atoms with E-state index in [9.17, 15) is 4.79 Å². The van der Waals surface area contributed by atoms with E-state index in [-0.39, 0.29) is 6.04 Å². The largest absolute Gasteiger partial charge is 0.341 e. The van der Waals surface area contributed by atoms with E-state index >= 15 is 0 Å². The molecule has 0 spiro atoms. The summed E-state index contributed by atoms with van der Waals surface area (Å²) in [6.45, 7) is 9.88. The fraction of sp³-hybridized carbons (Fsp3) is 0.933. The van der Waals surface area contributed by atoms with Crippen LogP contribution < -0.4 is 5.32 Å². The third-order valence-corrected chi connectivity index (χ3v) is 4.64. The Hall–Kier alpha value is -0.570. The molecule has 3 heteroatoms. The Bertz CT molecular complexity index is 281. The molecule has 3 nitrogen and oxygen atoms in total. The van der Waals surface area contributed by atoms with E-state index < -0.39 is 0 Å². The SMILES string of the molecule is CC(C)(C)C1CCN(C(=O)C2CCCCN2)CC1. The Morgan fingerprint density at radius 2 is 1.78 bits per heavy atom. The minimum Gasteiger partial charge on any atom is -0.341 e. The Morgan fingerprint density at radius 3 is 2.28 bits per heavy atom. The number of hydrogen-bond donors (Lipinski definition) is 1. The van der Waals surface area contributed by atoms with Crippen LogP contribution in [0, 0.1) is 11.3 Å². The molecular formula is C15H28N2O. The Balaban J connectivity index is 1.83. The normalized spacial score (nSPS) is 27.3. The lowest BCUT2D eigenvalue weighted by Gasteiger charge is -2.40. The smallest absolute Gasteiger partial charge is 0.239 e. The van der Waals surface area contributed by atoms with Crippen LogP contribution in [0.1, 0.15) is 52.9 Å². The molecule has 104 valence electrons. The first-order valence-corrected chi connectivity index (χ1v) is 7.50. The molecule has 0 aromatic heterocycles. The quantitative estimate of drug-likeness (QED) is 0.777. The van der Waals surface area contributed by atoms with E-state index in [1.54, 1.807) is 0 Å². The standard InChI is InChI=1S/C15H28N2O/c1-15(2,3)12-7-10-17(11-8-12)14(18)13-6-4-5-9-16-13/h12-13,16H,4-11H2,1-3H3. The monoisotopic (exact) mass is 252 g/mol. The summed E-state index contributed by atoms with van der Waals surface area (Å²) in [4.78, 5) is 14.5. The van der Waals surface area contributed by atoms with Crippen molar-refractivity contribution >= 4 is 5.91 Å². The van der Waals surface area contributed by atoms with Crippen LogP contribution in [0.5, 0.6) is 0 Å². The first-order chi connectivity index (χ1) is 8.48. The first-order valence-electron chi connectivity index (χ1n) is 7.50. The molecule has 0 radical (unpaired) electrons. The van der Waals surface area contributed by atoms with Crippen molar-refractivity contribution in [1.29, 1.82) is 0 Å². The van der Waals surface area contributed by atoms with E-state index in [0.717, 1.165) is 32.0 Å². The molecule has 1 unspecified atom stereocenters. The first kappa shape index (κ1) is 13.9. The minimum absolute atomic E-state index is 0.102. The molecular weight excluding hydrogens is 224 g/mol. The molecule has 0 aromatic rings. The van der Waals surface area contributed by atoms with Gasteiger partial charge in [-0.3, -0.25) is 4.79 Å². The molecule has 1 atom stereocenters. The zero-order chi connectivity index (χ0) is 13.2. The van der Waals surface area contributed by atoms with Crippen LogP contribution in [-0.2, 0) is 4.79 Å². The number of carbonyl (C=O) groups is 1. The Labute approximate surface area is 111 Å². The van der Waals surface area contributed by atoms with E-state index in [4.69, 9.17) is 0 Å². The second-order valence-electron chi connectivity index (χ2n) is 6.97.